The van der Waals surface area contributed by atoms with Crippen LogP contribution in [-0.4, -0.2) is 46.0 Å². The maximum atomic E-state index is 14.0. The summed E-state index contributed by atoms with van der Waals surface area (Å²) >= 11 is 0. The molecule has 186 valence electrons. The van der Waals surface area contributed by atoms with Gasteiger partial charge in [0.2, 0.25) is 5.88 Å². The molecular formula is C27H33FN4O3. The summed E-state index contributed by atoms with van der Waals surface area (Å²) in [5.74, 6) is 0.443. The van der Waals surface area contributed by atoms with Crippen LogP contribution >= 0.6 is 0 Å². The van der Waals surface area contributed by atoms with Crippen molar-refractivity contribution in [1.82, 2.24) is 20.0 Å². The van der Waals surface area contributed by atoms with Gasteiger partial charge in [-0.1, -0.05) is 31.2 Å². The van der Waals surface area contributed by atoms with Crippen LogP contribution in [0.2, 0.25) is 0 Å². The summed E-state index contributed by atoms with van der Waals surface area (Å²) in [6.45, 7) is 7.36. The molecule has 2 aromatic carbocycles. The molecule has 1 saturated heterocycles. The summed E-state index contributed by atoms with van der Waals surface area (Å²) in [5.41, 5.74) is 2.42. The molecule has 7 nitrogen and oxygen atoms in total. The highest BCUT2D eigenvalue weighted by Gasteiger charge is 2.28. The molecule has 8 heteroatoms. The average Bonchev–Trinajstić information content (AvgIpc) is 3.47. The van der Waals surface area contributed by atoms with E-state index in [0.717, 1.165) is 29.8 Å². The van der Waals surface area contributed by atoms with E-state index in [1.165, 1.54) is 12.1 Å². The highest BCUT2D eigenvalue weighted by molar-refractivity contribution is 5.74. The van der Waals surface area contributed by atoms with Crippen molar-refractivity contribution in [3.8, 4) is 17.3 Å². The number of urea groups is 1. The first-order valence-electron chi connectivity index (χ1n) is 12.2. The van der Waals surface area contributed by atoms with E-state index in [1.54, 1.807) is 21.7 Å². The van der Waals surface area contributed by atoms with Crippen LogP contribution < -0.4 is 10.1 Å². The molecule has 1 unspecified atom stereocenters. The predicted octanol–water partition coefficient (Wildman–Crippen LogP) is 5.47. The zero-order valence-corrected chi connectivity index (χ0v) is 20.5. The zero-order valence-electron chi connectivity index (χ0n) is 20.5. The Morgan fingerprint density at radius 2 is 2.06 bits per heavy atom. The summed E-state index contributed by atoms with van der Waals surface area (Å²) in [6, 6.07) is 15.5. The molecule has 0 saturated carbocycles. The van der Waals surface area contributed by atoms with Gasteiger partial charge in [-0.05, 0) is 57.4 Å². The Labute approximate surface area is 205 Å². The normalized spacial score (nSPS) is 15.4. The van der Waals surface area contributed by atoms with Gasteiger partial charge in [0, 0.05) is 25.3 Å². The largest absolute Gasteiger partial charge is 0.438 e. The van der Waals surface area contributed by atoms with Crippen LogP contribution in [0.15, 0.2) is 54.6 Å². The molecule has 1 N–H and O–H groups in total. The lowest BCUT2D eigenvalue weighted by molar-refractivity contribution is 0.0788. The second-order valence-electron chi connectivity index (χ2n) is 9.01. The Kier molecular flexibility index (Phi) is 8.02. The second-order valence-corrected chi connectivity index (χ2v) is 9.01. The Morgan fingerprint density at radius 3 is 2.71 bits per heavy atom. The van der Waals surface area contributed by atoms with E-state index in [0.29, 0.717) is 37.7 Å². The van der Waals surface area contributed by atoms with Crippen LogP contribution in [0.25, 0.3) is 5.69 Å². The smallest absolute Gasteiger partial charge is 0.317 e. The number of carbonyl (C=O) groups excluding carboxylic acids is 1. The number of nitrogens with zero attached hydrogens (tertiary/aromatic N) is 3. The maximum Gasteiger partial charge on any atom is 0.317 e. The number of aromatic nitrogens is 2. The molecule has 1 aliphatic rings. The molecule has 0 radical (unpaired) electrons. The summed E-state index contributed by atoms with van der Waals surface area (Å²) in [7, 11) is 0. The molecule has 1 fully saturated rings. The van der Waals surface area contributed by atoms with Crippen LogP contribution in [0.4, 0.5) is 9.18 Å². The van der Waals surface area contributed by atoms with Crippen LogP contribution in [0.5, 0.6) is 11.6 Å². The van der Waals surface area contributed by atoms with Crippen LogP contribution in [0.3, 0.4) is 0 Å². The van der Waals surface area contributed by atoms with Gasteiger partial charge < -0.3 is 19.7 Å². The van der Waals surface area contributed by atoms with Crippen molar-refractivity contribution in [2.75, 3.05) is 13.2 Å². The number of hydrogen-bond donors (Lipinski definition) is 1. The molecule has 2 amide bonds. The molecule has 4 rings (SSSR count). The maximum absolute atomic E-state index is 14.0. The van der Waals surface area contributed by atoms with Crippen molar-refractivity contribution in [2.24, 2.45) is 0 Å². The van der Waals surface area contributed by atoms with E-state index in [-0.39, 0.29) is 24.0 Å². The number of para-hydroxylation sites is 1. The molecule has 0 aliphatic carbocycles. The first-order chi connectivity index (χ1) is 16.9. The second kappa shape index (κ2) is 11.4. The lowest BCUT2D eigenvalue weighted by Gasteiger charge is -2.27. The van der Waals surface area contributed by atoms with Crippen molar-refractivity contribution in [3.63, 3.8) is 0 Å². The molecule has 2 heterocycles. The fraction of sp³-hybridized carbons (Fsp3) is 0.407. The predicted molar refractivity (Wildman–Crippen MR) is 132 cm³/mol. The fourth-order valence-electron chi connectivity index (χ4n) is 4.19. The highest BCUT2D eigenvalue weighted by atomic mass is 19.1. The van der Waals surface area contributed by atoms with Gasteiger partial charge in [-0.15, -0.1) is 0 Å². The highest BCUT2D eigenvalue weighted by Crippen LogP contribution is 2.33. The Balaban J connectivity index is 1.75. The van der Waals surface area contributed by atoms with E-state index < -0.39 is 0 Å². The Bertz CT molecular complexity index is 1130. The molecule has 1 aliphatic heterocycles. The number of ether oxygens (including phenoxy) is 2. The van der Waals surface area contributed by atoms with E-state index in [1.807, 2.05) is 51.1 Å². The third kappa shape index (κ3) is 6.19. The van der Waals surface area contributed by atoms with E-state index >= 15 is 0 Å². The van der Waals surface area contributed by atoms with Gasteiger partial charge in [0.1, 0.15) is 11.6 Å². The third-order valence-electron chi connectivity index (χ3n) is 5.86. The minimum Gasteiger partial charge on any atom is -0.438 e. The quantitative estimate of drug-likeness (QED) is 0.441. The lowest BCUT2D eigenvalue weighted by atomic mass is 10.1. The SMILES string of the molecule is CCc1nn(-c2ccccc2)c(Oc2cccc(F)c2)c1CN(CC1CCCO1)C(=O)NC(C)C. The topological polar surface area (TPSA) is 68.6 Å². The standard InChI is InChI=1S/C27H33FN4O3/c1-4-25-24(18-31(27(33)29-19(2)3)17-23-14-9-15-34-23)26(35-22-13-8-10-20(28)16-22)32(30-25)21-11-6-5-7-12-21/h5-8,10-13,16,19,23H,4,9,14-15,17-18H2,1-3H3,(H,29,33). The number of nitrogens with one attached hydrogen (secondary N) is 1. The zero-order chi connectivity index (χ0) is 24.8. The number of benzene rings is 2. The van der Waals surface area contributed by atoms with Crippen molar-refractivity contribution in [2.45, 2.75) is 58.7 Å². The monoisotopic (exact) mass is 480 g/mol. The van der Waals surface area contributed by atoms with Crippen molar-refractivity contribution >= 4 is 6.03 Å². The summed E-state index contributed by atoms with van der Waals surface area (Å²) in [4.78, 5) is 14.9. The van der Waals surface area contributed by atoms with Crippen LogP contribution in [-0.2, 0) is 17.7 Å². The fourth-order valence-corrected chi connectivity index (χ4v) is 4.19. The molecular weight excluding hydrogens is 447 g/mol. The van der Waals surface area contributed by atoms with Crippen molar-refractivity contribution < 1.29 is 18.7 Å². The van der Waals surface area contributed by atoms with Gasteiger partial charge in [-0.3, -0.25) is 0 Å². The van der Waals surface area contributed by atoms with E-state index in [2.05, 4.69) is 5.32 Å². The van der Waals surface area contributed by atoms with Crippen molar-refractivity contribution in [1.29, 1.82) is 0 Å². The number of amides is 2. The van der Waals surface area contributed by atoms with Gasteiger partial charge in [0.25, 0.3) is 0 Å². The van der Waals surface area contributed by atoms with Gasteiger partial charge in [0.05, 0.1) is 29.6 Å². The van der Waals surface area contributed by atoms with Crippen molar-refractivity contribution in [3.05, 3.63) is 71.7 Å². The van der Waals surface area contributed by atoms with Gasteiger partial charge in [-0.25, -0.2) is 13.9 Å². The molecule has 1 aromatic heterocycles. The van der Waals surface area contributed by atoms with Crippen LogP contribution in [0.1, 0.15) is 44.9 Å². The third-order valence-corrected chi connectivity index (χ3v) is 5.86. The van der Waals surface area contributed by atoms with Gasteiger partial charge in [0.15, 0.2) is 0 Å². The number of hydrogen-bond acceptors (Lipinski definition) is 4. The molecule has 1 atom stereocenters. The minimum atomic E-state index is -0.387. The van der Waals surface area contributed by atoms with E-state index in [9.17, 15) is 9.18 Å². The van der Waals surface area contributed by atoms with Gasteiger partial charge >= 0.3 is 6.03 Å². The molecule has 0 bridgehead atoms. The van der Waals surface area contributed by atoms with E-state index in [4.69, 9.17) is 14.6 Å². The number of carbonyl (C=O) groups is 1. The number of aryl methyl sites for hydroxylation is 1. The van der Waals surface area contributed by atoms with Crippen LogP contribution in [0, 0.1) is 5.82 Å². The summed E-state index contributed by atoms with van der Waals surface area (Å²) in [6.07, 6.45) is 2.55. The first-order valence-corrected chi connectivity index (χ1v) is 12.2. The summed E-state index contributed by atoms with van der Waals surface area (Å²) < 4.78 is 27.8. The Hall–Kier alpha value is -3.39. The molecule has 35 heavy (non-hydrogen) atoms. The van der Waals surface area contributed by atoms with Gasteiger partial charge in [-0.2, -0.15) is 5.10 Å². The average molecular weight is 481 g/mol. The number of rotatable bonds is 9. The molecule has 0 spiro atoms. The lowest BCUT2D eigenvalue weighted by Crippen LogP contribution is -2.45. The Morgan fingerprint density at radius 1 is 1.26 bits per heavy atom. The minimum absolute atomic E-state index is 0.00445. The summed E-state index contributed by atoms with van der Waals surface area (Å²) in [5, 5.41) is 7.83. The first kappa shape index (κ1) is 24.7. The molecule has 3 aromatic rings. The number of halogens is 1.